The summed E-state index contributed by atoms with van der Waals surface area (Å²) in [6.45, 7) is 2.55. The van der Waals surface area contributed by atoms with Gasteiger partial charge in [0.05, 0.1) is 23.0 Å². The molecular formula is C19H17N5O2. The monoisotopic (exact) mass is 347 g/mol. The number of hydrogen-bond acceptors (Lipinski definition) is 4. The number of aromatic nitrogens is 4. The third kappa shape index (κ3) is 2.73. The second-order valence-electron chi connectivity index (χ2n) is 5.97. The van der Waals surface area contributed by atoms with Crippen molar-refractivity contribution in [2.24, 2.45) is 0 Å². The van der Waals surface area contributed by atoms with E-state index in [-0.39, 0.29) is 18.0 Å². The van der Waals surface area contributed by atoms with Crippen molar-refractivity contribution in [3.8, 4) is 0 Å². The number of carbonyl (C=O) groups excluding carboxylic acids is 1. The third-order valence-electron chi connectivity index (χ3n) is 4.34. The number of hydrogen-bond donors (Lipinski definition) is 2. The molecule has 0 spiro atoms. The van der Waals surface area contributed by atoms with E-state index in [1.54, 1.807) is 23.1 Å². The van der Waals surface area contributed by atoms with E-state index in [4.69, 9.17) is 0 Å². The first-order valence-electron chi connectivity index (χ1n) is 8.37. The van der Waals surface area contributed by atoms with Gasteiger partial charge in [0.25, 0.3) is 11.5 Å². The molecule has 0 saturated heterocycles. The average Bonchev–Trinajstić information content (AvgIpc) is 3.10. The Morgan fingerprint density at radius 3 is 2.62 bits per heavy atom. The predicted octanol–water partition coefficient (Wildman–Crippen LogP) is 2.46. The fourth-order valence-electron chi connectivity index (χ4n) is 2.99. The minimum atomic E-state index is -0.209. The lowest BCUT2D eigenvalue weighted by atomic mass is 10.2. The molecule has 7 heteroatoms. The molecule has 7 nitrogen and oxygen atoms in total. The van der Waals surface area contributed by atoms with Gasteiger partial charge in [-0.3, -0.25) is 14.7 Å². The number of nitrogens with one attached hydrogen (secondary N) is 2. The van der Waals surface area contributed by atoms with Gasteiger partial charge in [-0.05, 0) is 25.1 Å². The van der Waals surface area contributed by atoms with Crippen LogP contribution in [-0.4, -0.2) is 37.5 Å². The van der Waals surface area contributed by atoms with Gasteiger partial charge in [-0.15, -0.1) is 0 Å². The summed E-state index contributed by atoms with van der Waals surface area (Å²) in [5, 5.41) is 8.34. The number of fused-ring (bicyclic) bond motifs is 2. The van der Waals surface area contributed by atoms with E-state index in [1.807, 2.05) is 37.3 Å². The molecule has 0 saturated carbocycles. The maximum absolute atomic E-state index is 12.9. The Labute approximate surface area is 148 Å². The summed E-state index contributed by atoms with van der Waals surface area (Å²) in [6, 6.07) is 14.6. The first kappa shape index (κ1) is 16.0. The second kappa shape index (κ2) is 6.44. The van der Waals surface area contributed by atoms with Crippen molar-refractivity contribution in [3.05, 3.63) is 70.4 Å². The molecule has 2 aromatic heterocycles. The van der Waals surface area contributed by atoms with Crippen molar-refractivity contribution < 1.29 is 4.79 Å². The first-order chi connectivity index (χ1) is 12.7. The highest BCUT2D eigenvalue weighted by atomic mass is 16.2. The molecule has 2 N–H and O–H groups in total. The van der Waals surface area contributed by atoms with Crippen molar-refractivity contribution in [2.75, 3.05) is 6.54 Å². The number of rotatable bonds is 4. The van der Waals surface area contributed by atoms with Crippen molar-refractivity contribution in [2.45, 2.75) is 13.5 Å². The van der Waals surface area contributed by atoms with Crippen LogP contribution < -0.4 is 5.56 Å². The summed E-state index contributed by atoms with van der Waals surface area (Å²) in [5.41, 5.74) is 1.58. The molecule has 4 aromatic rings. The van der Waals surface area contributed by atoms with E-state index in [2.05, 4.69) is 20.2 Å². The van der Waals surface area contributed by atoms with Crippen LogP contribution in [0.5, 0.6) is 0 Å². The molecule has 1 amide bonds. The quantitative estimate of drug-likeness (QED) is 0.593. The number of para-hydroxylation sites is 2. The number of aromatic amines is 2. The van der Waals surface area contributed by atoms with Crippen LogP contribution in [0, 0.1) is 0 Å². The molecular weight excluding hydrogens is 330 g/mol. The molecule has 2 heterocycles. The van der Waals surface area contributed by atoms with Crippen LogP contribution in [0.2, 0.25) is 0 Å². The van der Waals surface area contributed by atoms with Gasteiger partial charge in [0, 0.05) is 11.9 Å². The van der Waals surface area contributed by atoms with Gasteiger partial charge in [0.1, 0.15) is 5.82 Å². The zero-order valence-corrected chi connectivity index (χ0v) is 14.2. The zero-order valence-electron chi connectivity index (χ0n) is 14.2. The summed E-state index contributed by atoms with van der Waals surface area (Å²) in [6.07, 6.45) is 0. The Kier molecular flexibility index (Phi) is 3.96. The maximum Gasteiger partial charge on any atom is 0.275 e. The summed E-state index contributed by atoms with van der Waals surface area (Å²) >= 11 is 0. The van der Waals surface area contributed by atoms with E-state index in [0.29, 0.717) is 29.0 Å². The van der Waals surface area contributed by atoms with Crippen LogP contribution in [0.25, 0.3) is 21.8 Å². The summed E-state index contributed by atoms with van der Waals surface area (Å²) in [4.78, 5) is 34.0. The number of benzene rings is 2. The molecule has 0 radical (unpaired) electrons. The summed E-state index contributed by atoms with van der Waals surface area (Å²) in [5.74, 6) is 0.240. The normalized spacial score (nSPS) is 11.1. The summed E-state index contributed by atoms with van der Waals surface area (Å²) < 4.78 is 0. The number of nitrogens with zero attached hydrogens (tertiary/aromatic N) is 3. The number of carbonyl (C=O) groups is 1. The van der Waals surface area contributed by atoms with Crippen molar-refractivity contribution in [1.82, 2.24) is 25.1 Å². The fraction of sp³-hybridized carbons (Fsp3) is 0.158. The van der Waals surface area contributed by atoms with Gasteiger partial charge >= 0.3 is 0 Å². The molecule has 0 aliphatic carbocycles. The SMILES string of the molecule is CCN(Cc1nc2ccccc2c(=O)[nH]1)C(=O)c1n[nH]c2ccccc12. The largest absolute Gasteiger partial charge is 0.330 e. The highest BCUT2D eigenvalue weighted by molar-refractivity contribution is 6.04. The van der Waals surface area contributed by atoms with Crippen LogP contribution in [0.15, 0.2) is 53.3 Å². The predicted molar refractivity (Wildman–Crippen MR) is 98.9 cm³/mol. The van der Waals surface area contributed by atoms with Crippen molar-refractivity contribution >= 4 is 27.7 Å². The van der Waals surface area contributed by atoms with Crippen molar-refractivity contribution in [1.29, 1.82) is 0 Å². The minimum absolute atomic E-state index is 0.205. The van der Waals surface area contributed by atoms with Crippen LogP contribution in [0.4, 0.5) is 0 Å². The van der Waals surface area contributed by atoms with Crippen molar-refractivity contribution in [3.63, 3.8) is 0 Å². The molecule has 130 valence electrons. The van der Waals surface area contributed by atoms with Crippen LogP contribution in [-0.2, 0) is 6.54 Å². The smallest absolute Gasteiger partial charge is 0.275 e. The fourth-order valence-corrected chi connectivity index (χ4v) is 2.99. The molecule has 0 fully saturated rings. The highest BCUT2D eigenvalue weighted by Crippen LogP contribution is 2.17. The molecule has 26 heavy (non-hydrogen) atoms. The third-order valence-corrected chi connectivity index (χ3v) is 4.34. The Morgan fingerprint density at radius 2 is 1.81 bits per heavy atom. The second-order valence-corrected chi connectivity index (χ2v) is 5.97. The molecule has 4 rings (SSSR count). The minimum Gasteiger partial charge on any atom is -0.330 e. The summed E-state index contributed by atoms with van der Waals surface area (Å²) in [7, 11) is 0. The van der Waals surface area contributed by atoms with Crippen LogP contribution >= 0.6 is 0 Å². The number of H-pyrrole nitrogens is 2. The molecule has 0 atom stereocenters. The van der Waals surface area contributed by atoms with E-state index < -0.39 is 0 Å². The highest BCUT2D eigenvalue weighted by Gasteiger charge is 2.21. The average molecular weight is 347 g/mol. The molecule has 0 aliphatic heterocycles. The van der Waals surface area contributed by atoms with Gasteiger partial charge < -0.3 is 9.88 Å². The molecule has 2 aromatic carbocycles. The first-order valence-corrected chi connectivity index (χ1v) is 8.37. The Morgan fingerprint density at radius 1 is 1.08 bits per heavy atom. The lowest BCUT2D eigenvalue weighted by Crippen LogP contribution is -2.32. The van der Waals surface area contributed by atoms with Gasteiger partial charge in [-0.25, -0.2) is 4.98 Å². The van der Waals surface area contributed by atoms with E-state index in [1.165, 1.54) is 0 Å². The topological polar surface area (TPSA) is 94.7 Å². The maximum atomic E-state index is 12.9. The molecule has 0 aliphatic rings. The Bertz CT molecular complexity index is 1160. The lowest BCUT2D eigenvalue weighted by Gasteiger charge is -2.19. The Hall–Kier alpha value is -3.48. The lowest BCUT2D eigenvalue weighted by molar-refractivity contribution is 0.0744. The zero-order chi connectivity index (χ0) is 18.1. The van der Waals surface area contributed by atoms with Crippen LogP contribution in [0.1, 0.15) is 23.2 Å². The van der Waals surface area contributed by atoms with Gasteiger partial charge in [0.15, 0.2) is 5.69 Å². The standard InChI is InChI=1S/C19H17N5O2/c1-2-24(19(26)17-12-7-3-6-10-15(12)22-23-17)11-16-20-14-9-5-4-8-13(14)18(25)21-16/h3-10H,2,11H2,1H3,(H,22,23)(H,20,21,25). The van der Waals surface area contributed by atoms with Gasteiger partial charge in [0.2, 0.25) is 0 Å². The van der Waals surface area contributed by atoms with E-state index in [0.717, 1.165) is 10.9 Å². The van der Waals surface area contributed by atoms with E-state index in [9.17, 15) is 9.59 Å². The van der Waals surface area contributed by atoms with Gasteiger partial charge in [-0.2, -0.15) is 5.10 Å². The Balaban J connectivity index is 1.68. The van der Waals surface area contributed by atoms with Gasteiger partial charge in [-0.1, -0.05) is 30.3 Å². The van der Waals surface area contributed by atoms with E-state index >= 15 is 0 Å². The molecule has 0 bridgehead atoms. The van der Waals surface area contributed by atoms with Crippen LogP contribution in [0.3, 0.4) is 0 Å². The molecule has 0 unspecified atom stereocenters. The number of amides is 1.